The molecule has 0 saturated heterocycles. The van der Waals surface area contributed by atoms with Gasteiger partial charge in [0.15, 0.2) is 0 Å². The number of unbranched alkanes of at least 4 members (excludes halogenated alkanes) is 2. The lowest BCUT2D eigenvalue weighted by molar-refractivity contribution is -0.124. The molecule has 0 aromatic rings. The van der Waals surface area contributed by atoms with Gasteiger partial charge in [0.25, 0.3) is 0 Å². The third-order valence-electron chi connectivity index (χ3n) is 6.87. The molecule has 0 radical (unpaired) electrons. The van der Waals surface area contributed by atoms with Crippen LogP contribution in [0.25, 0.3) is 0 Å². The van der Waals surface area contributed by atoms with Crippen LogP contribution in [-0.2, 0) is 38.1 Å². The lowest BCUT2D eigenvalue weighted by Gasteiger charge is -2.16. The van der Waals surface area contributed by atoms with Crippen molar-refractivity contribution in [3.05, 3.63) is 0 Å². The number of nitrogens with two attached hydrogens (primary N) is 1. The molecule has 16 heteroatoms. The monoisotopic (exact) mass is 695 g/mol. The van der Waals surface area contributed by atoms with E-state index in [-0.39, 0.29) is 29.8 Å². The summed E-state index contributed by atoms with van der Waals surface area (Å²) in [6.45, 7) is 8.25. The largest absolute Gasteiger partial charge is 0.384 e. The molecule has 0 rings (SSSR count). The van der Waals surface area contributed by atoms with Crippen LogP contribution in [0.2, 0.25) is 0 Å². The Morgan fingerprint density at radius 1 is 0.542 bits per heavy atom. The van der Waals surface area contributed by atoms with Crippen molar-refractivity contribution in [1.29, 1.82) is 0 Å². The molecule has 0 aliphatic rings. The van der Waals surface area contributed by atoms with Gasteiger partial charge in [-0.3, -0.25) is 14.4 Å². The van der Waals surface area contributed by atoms with Gasteiger partial charge in [0.2, 0.25) is 17.7 Å². The van der Waals surface area contributed by atoms with Crippen LogP contribution < -0.4 is 43.0 Å². The Labute approximate surface area is 289 Å². The van der Waals surface area contributed by atoms with E-state index in [9.17, 15) is 14.4 Å². The van der Waals surface area contributed by atoms with Crippen LogP contribution in [0, 0.1) is 0 Å². The first kappa shape index (κ1) is 48.1. The van der Waals surface area contributed by atoms with Crippen LogP contribution in [-0.4, -0.2) is 164 Å². The Morgan fingerprint density at radius 3 is 1.33 bits per heavy atom. The lowest BCUT2D eigenvalue weighted by atomic mass is 10.1. The molecule has 0 saturated carbocycles. The number of hydrogen-bond acceptors (Lipinski definition) is 13. The van der Waals surface area contributed by atoms with Crippen molar-refractivity contribution in [1.82, 2.24) is 37.2 Å². The normalized spacial score (nSPS) is 12.1. The van der Waals surface area contributed by atoms with Gasteiger partial charge in [-0.25, -0.2) is 0 Å². The Bertz CT molecular complexity index is 728. The summed E-state index contributed by atoms with van der Waals surface area (Å²) in [4.78, 5) is 35.3. The van der Waals surface area contributed by atoms with Gasteiger partial charge < -0.3 is 66.6 Å². The fourth-order valence-corrected chi connectivity index (χ4v) is 4.13. The standard InChI is InChI=1S/C18H38N4O5.C14H32N4O3/c1-19-8-5-4-6-16(20-2)18(24)22-10-13-27-15-14-26-12-9-21-17(23)7-11-25-3;1-16-7-4-3-5-13(17-2)14(19)18-8-10-21-12-11-20-9-6-15/h16,19-20H,4-15H2,1-3H3,(H,21,23)(H,22,24);13,16-17H,3-12,15H2,1-2H3,(H,18,19). The topological polar surface area (TPSA) is 208 Å². The van der Waals surface area contributed by atoms with Gasteiger partial charge in [-0.2, -0.15) is 0 Å². The number of likely N-dealkylation sites (N-methyl/N-ethyl adjacent to an activating group) is 2. The fourth-order valence-electron chi connectivity index (χ4n) is 4.13. The highest BCUT2D eigenvalue weighted by molar-refractivity contribution is 5.82. The number of rotatable bonds is 34. The number of carbonyl (C=O) groups excluding carboxylic acids is 3. The van der Waals surface area contributed by atoms with Crippen LogP contribution in [0.3, 0.4) is 0 Å². The lowest BCUT2D eigenvalue weighted by Crippen LogP contribution is -2.43. The first-order valence-electron chi connectivity index (χ1n) is 17.4. The second-order valence-electron chi connectivity index (χ2n) is 10.8. The van der Waals surface area contributed by atoms with Gasteiger partial charge in [0.1, 0.15) is 0 Å². The summed E-state index contributed by atoms with van der Waals surface area (Å²) >= 11 is 0. The highest BCUT2D eigenvalue weighted by atomic mass is 16.5. The van der Waals surface area contributed by atoms with Crippen molar-refractivity contribution in [3.8, 4) is 0 Å². The maximum atomic E-state index is 12.1. The van der Waals surface area contributed by atoms with Crippen LogP contribution in [0.4, 0.5) is 0 Å². The Balaban J connectivity index is 0. The predicted molar refractivity (Wildman–Crippen MR) is 189 cm³/mol. The molecule has 0 bridgehead atoms. The summed E-state index contributed by atoms with van der Waals surface area (Å²) in [5.41, 5.74) is 5.29. The molecule has 2 unspecified atom stereocenters. The molecule has 286 valence electrons. The average molecular weight is 695 g/mol. The maximum Gasteiger partial charge on any atom is 0.237 e. The Morgan fingerprint density at radius 2 is 0.958 bits per heavy atom. The number of nitrogens with one attached hydrogen (secondary N) is 7. The minimum Gasteiger partial charge on any atom is -0.384 e. The van der Waals surface area contributed by atoms with E-state index in [0.717, 1.165) is 51.6 Å². The van der Waals surface area contributed by atoms with Crippen molar-refractivity contribution >= 4 is 17.7 Å². The second kappa shape index (κ2) is 39.4. The molecule has 0 aromatic heterocycles. The van der Waals surface area contributed by atoms with Crippen molar-refractivity contribution in [3.63, 3.8) is 0 Å². The van der Waals surface area contributed by atoms with Crippen molar-refractivity contribution in [2.24, 2.45) is 5.73 Å². The van der Waals surface area contributed by atoms with E-state index in [1.807, 2.05) is 21.1 Å². The van der Waals surface area contributed by atoms with Gasteiger partial charge >= 0.3 is 0 Å². The van der Waals surface area contributed by atoms with E-state index in [1.165, 1.54) is 0 Å². The van der Waals surface area contributed by atoms with E-state index >= 15 is 0 Å². The minimum absolute atomic E-state index is 0.00558. The molecule has 0 spiro atoms. The van der Waals surface area contributed by atoms with Crippen molar-refractivity contribution < 1.29 is 38.1 Å². The van der Waals surface area contributed by atoms with Crippen molar-refractivity contribution in [2.75, 3.05) is 134 Å². The van der Waals surface area contributed by atoms with Gasteiger partial charge in [0.05, 0.1) is 71.5 Å². The second-order valence-corrected chi connectivity index (χ2v) is 10.8. The third kappa shape index (κ3) is 33.9. The molecule has 3 amide bonds. The zero-order valence-corrected chi connectivity index (χ0v) is 30.6. The molecule has 0 aliphatic heterocycles. The summed E-state index contributed by atoms with van der Waals surface area (Å²) in [7, 11) is 9.04. The quantitative estimate of drug-likeness (QED) is 0.0356. The smallest absolute Gasteiger partial charge is 0.237 e. The minimum atomic E-state index is -0.163. The summed E-state index contributed by atoms with van der Waals surface area (Å²) < 4.78 is 26.1. The first-order chi connectivity index (χ1) is 23.4. The first-order valence-corrected chi connectivity index (χ1v) is 17.4. The van der Waals surface area contributed by atoms with E-state index in [2.05, 4.69) is 37.2 Å². The number of hydrogen-bond donors (Lipinski definition) is 8. The molecule has 48 heavy (non-hydrogen) atoms. The maximum absolute atomic E-state index is 12.1. The predicted octanol–water partition coefficient (Wildman–Crippen LogP) is -1.66. The molecule has 0 aliphatic carbocycles. The van der Waals surface area contributed by atoms with Crippen LogP contribution in [0.5, 0.6) is 0 Å². The molecule has 0 heterocycles. The van der Waals surface area contributed by atoms with E-state index < -0.39 is 0 Å². The highest BCUT2D eigenvalue weighted by Crippen LogP contribution is 2.01. The molecule has 0 fully saturated rings. The number of amides is 3. The summed E-state index contributed by atoms with van der Waals surface area (Å²) in [6.07, 6.45) is 6.18. The summed E-state index contributed by atoms with van der Waals surface area (Å²) in [5.74, 6) is -0.00898. The van der Waals surface area contributed by atoms with Gasteiger partial charge in [-0.1, -0.05) is 12.8 Å². The molecule has 9 N–H and O–H groups in total. The van der Waals surface area contributed by atoms with Crippen molar-refractivity contribution in [2.45, 2.75) is 57.0 Å². The van der Waals surface area contributed by atoms with Crippen LogP contribution >= 0.6 is 0 Å². The van der Waals surface area contributed by atoms with E-state index in [0.29, 0.717) is 92.1 Å². The van der Waals surface area contributed by atoms with Crippen LogP contribution in [0.15, 0.2) is 0 Å². The van der Waals surface area contributed by atoms with E-state index in [4.69, 9.17) is 29.4 Å². The van der Waals surface area contributed by atoms with Crippen LogP contribution in [0.1, 0.15) is 44.9 Å². The Kier molecular flexibility index (Phi) is 39.6. The zero-order chi connectivity index (χ0) is 35.9. The fraction of sp³-hybridized carbons (Fsp3) is 0.906. The zero-order valence-electron chi connectivity index (χ0n) is 30.6. The summed E-state index contributed by atoms with van der Waals surface area (Å²) in [6, 6.07) is -0.293. The van der Waals surface area contributed by atoms with Gasteiger partial charge in [0, 0.05) is 39.7 Å². The molecule has 16 nitrogen and oxygen atoms in total. The number of methoxy groups -OCH3 is 1. The molecular weight excluding hydrogens is 624 g/mol. The SMILES string of the molecule is CNCCCCC(NC)C(=O)NCCOCCOCCN.CNCCCCC(NC)C(=O)NCCOCCOCCNC(=O)CCOC. The molecule has 0 aromatic carbocycles. The van der Waals surface area contributed by atoms with E-state index in [1.54, 1.807) is 14.2 Å². The van der Waals surface area contributed by atoms with Gasteiger partial charge in [-0.05, 0) is 67.0 Å². The number of ether oxygens (including phenoxy) is 5. The average Bonchev–Trinajstić information content (AvgIpc) is 3.09. The highest BCUT2D eigenvalue weighted by Gasteiger charge is 2.16. The molecular formula is C32H70N8O8. The van der Waals surface area contributed by atoms with Gasteiger partial charge in [-0.15, -0.1) is 0 Å². The summed E-state index contributed by atoms with van der Waals surface area (Å²) in [5, 5.41) is 20.8. The molecule has 2 atom stereocenters. The third-order valence-corrected chi connectivity index (χ3v) is 6.87. The Hall–Kier alpha value is -1.99. The number of carbonyl (C=O) groups is 3.